The van der Waals surface area contributed by atoms with Crippen LogP contribution >= 0.6 is 15.9 Å². The van der Waals surface area contributed by atoms with Crippen LogP contribution in [0.1, 0.15) is 31.7 Å². The Balaban J connectivity index is 2.07. The molecule has 0 radical (unpaired) electrons. The summed E-state index contributed by atoms with van der Waals surface area (Å²) in [5, 5.41) is 9.31. The van der Waals surface area contributed by atoms with Crippen LogP contribution in [0.15, 0.2) is 28.7 Å². The maximum absolute atomic E-state index is 12.6. The highest BCUT2D eigenvalue weighted by molar-refractivity contribution is 9.10. The van der Waals surface area contributed by atoms with Gasteiger partial charge in [-0.25, -0.2) is 0 Å². The van der Waals surface area contributed by atoms with Crippen LogP contribution < -0.4 is 0 Å². The predicted octanol–water partition coefficient (Wildman–Crippen LogP) is 2.71. The maximum atomic E-state index is 12.6. The Morgan fingerprint density at radius 2 is 2.00 bits per heavy atom. The van der Waals surface area contributed by atoms with Gasteiger partial charge in [-0.3, -0.25) is 4.79 Å². The van der Waals surface area contributed by atoms with E-state index in [4.69, 9.17) is 0 Å². The minimum Gasteiger partial charge on any atom is -0.393 e. The first-order valence-corrected chi connectivity index (χ1v) is 7.45. The molecule has 0 aromatic heterocycles. The first-order valence-electron chi connectivity index (χ1n) is 6.65. The summed E-state index contributed by atoms with van der Waals surface area (Å²) < 4.78 is 1.03. The van der Waals surface area contributed by atoms with Gasteiger partial charge in [0, 0.05) is 18.1 Å². The second kappa shape index (κ2) is 5.63. The number of carbonyl (C=O) groups is 1. The van der Waals surface area contributed by atoms with Gasteiger partial charge in [0.15, 0.2) is 0 Å². The minimum atomic E-state index is -0.363. The van der Waals surface area contributed by atoms with Crippen molar-refractivity contribution >= 4 is 21.8 Å². The van der Waals surface area contributed by atoms with Crippen LogP contribution in [0.25, 0.3) is 0 Å². The molecule has 1 saturated carbocycles. The molecule has 1 aromatic rings. The third kappa shape index (κ3) is 3.18. The van der Waals surface area contributed by atoms with Crippen molar-refractivity contribution in [1.82, 2.24) is 4.90 Å². The quantitative estimate of drug-likeness (QED) is 0.904. The Morgan fingerprint density at radius 3 is 2.47 bits per heavy atom. The van der Waals surface area contributed by atoms with E-state index in [9.17, 15) is 9.90 Å². The number of halogens is 1. The number of benzene rings is 1. The average molecular weight is 326 g/mol. The third-order valence-electron chi connectivity index (χ3n) is 3.79. The molecule has 1 atom stereocenters. The SMILES string of the molecule is CC(O)CCN(C)C(=O)C1(c2ccc(Br)cc2)CC1. The highest BCUT2D eigenvalue weighted by Gasteiger charge is 2.52. The Kier molecular flexibility index (Phi) is 4.31. The topological polar surface area (TPSA) is 40.5 Å². The number of aliphatic hydroxyl groups excluding tert-OH is 1. The van der Waals surface area contributed by atoms with Gasteiger partial charge in [-0.1, -0.05) is 28.1 Å². The van der Waals surface area contributed by atoms with Gasteiger partial charge in [0.1, 0.15) is 0 Å². The van der Waals surface area contributed by atoms with E-state index in [1.165, 1.54) is 0 Å². The van der Waals surface area contributed by atoms with E-state index in [1.54, 1.807) is 11.8 Å². The van der Waals surface area contributed by atoms with E-state index in [-0.39, 0.29) is 17.4 Å². The summed E-state index contributed by atoms with van der Waals surface area (Å²) in [6.07, 6.45) is 2.11. The minimum absolute atomic E-state index is 0.176. The molecule has 0 heterocycles. The van der Waals surface area contributed by atoms with Gasteiger partial charge in [-0.05, 0) is 43.9 Å². The van der Waals surface area contributed by atoms with Crippen LogP contribution in [0.3, 0.4) is 0 Å². The number of hydrogen-bond acceptors (Lipinski definition) is 2. The third-order valence-corrected chi connectivity index (χ3v) is 4.31. The normalized spacial score (nSPS) is 17.9. The smallest absolute Gasteiger partial charge is 0.232 e. The van der Waals surface area contributed by atoms with E-state index in [0.29, 0.717) is 13.0 Å². The predicted molar refractivity (Wildman–Crippen MR) is 79.0 cm³/mol. The lowest BCUT2D eigenvalue weighted by Gasteiger charge is -2.24. The maximum Gasteiger partial charge on any atom is 0.232 e. The van der Waals surface area contributed by atoms with E-state index >= 15 is 0 Å². The van der Waals surface area contributed by atoms with Crippen molar-refractivity contribution in [3.63, 3.8) is 0 Å². The molecule has 4 heteroatoms. The van der Waals surface area contributed by atoms with Gasteiger partial charge >= 0.3 is 0 Å². The second-order valence-electron chi connectivity index (χ2n) is 5.45. The van der Waals surface area contributed by atoms with E-state index in [1.807, 2.05) is 31.3 Å². The molecule has 1 unspecified atom stereocenters. The molecule has 1 aliphatic carbocycles. The number of amides is 1. The number of rotatable bonds is 5. The summed E-state index contributed by atoms with van der Waals surface area (Å²) in [5.41, 5.74) is 0.790. The van der Waals surface area contributed by atoms with Gasteiger partial charge in [0.05, 0.1) is 11.5 Å². The van der Waals surface area contributed by atoms with Crippen molar-refractivity contribution in [1.29, 1.82) is 0 Å². The van der Waals surface area contributed by atoms with Crippen LogP contribution in [-0.4, -0.2) is 35.6 Å². The largest absolute Gasteiger partial charge is 0.393 e. The molecule has 2 rings (SSSR count). The zero-order valence-electron chi connectivity index (χ0n) is 11.4. The fourth-order valence-corrected chi connectivity index (χ4v) is 2.63. The molecule has 19 heavy (non-hydrogen) atoms. The monoisotopic (exact) mass is 325 g/mol. The first kappa shape index (κ1) is 14.5. The summed E-state index contributed by atoms with van der Waals surface area (Å²) in [7, 11) is 1.82. The Hall–Kier alpha value is -0.870. The fraction of sp³-hybridized carbons (Fsp3) is 0.533. The van der Waals surface area contributed by atoms with Gasteiger partial charge in [0.25, 0.3) is 0 Å². The van der Waals surface area contributed by atoms with Gasteiger partial charge < -0.3 is 10.0 Å². The summed E-state index contributed by atoms with van der Waals surface area (Å²) in [6.45, 7) is 2.36. The van der Waals surface area contributed by atoms with Gasteiger partial charge in [-0.2, -0.15) is 0 Å². The number of likely N-dealkylation sites (N-methyl/N-ethyl adjacent to an activating group) is 1. The summed E-state index contributed by atoms with van der Waals surface area (Å²) >= 11 is 3.42. The molecule has 1 N–H and O–H groups in total. The number of aliphatic hydroxyl groups is 1. The molecule has 104 valence electrons. The van der Waals surface area contributed by atoms with Crippen molar-refractivity contribution in [3.05, 3.63) is 34.3 Å². The summed E-state index contributed by atoms with van der Waals surface area (Å²) in [6, 6.07) is 8.02. The molecule has 0 aliphatic heterocycles. The molecule has 1 aliphatic rings. The zero-order chi connectivity index (χ0) is 14.0. The van der Waals surface area contributed by atoms with E-state index in [0.717, 1.165) is 22.9 Å². The lowest BCUT2D eigenvalue weighted by molar-refractivity contribution is -0.132. The molecule has 0 bridgehead atoms. The Bertz CT molecular complexity index is 452. The van der Waals surface area contributed by atoms with Crippen LogP contribution in [0.5, 0.6) is 0 Å². The standard InChI is InChI=1S/C15H20BrNO2/c1-11(18)7-10-17(2)14(19)15(8-9-15)12-3-5-13(16)6-4-12/h3-6,11,18H,7-10H2,1-2H3. The lowest BCUT2D eigenvalue weighted by atomic mass is 9.94. The lowest BCUT2D eigenvalue weighted by Crippen LogP contribution is -2.37. The van der Waals surface area contributed by atoms with Crippen molar-refractivity contribution < 1.29 is 9.90 Å². The molecule has 1 amide bonds. The Labute approximate surface area is 122 Å². The van der Waals surface area contributed by atoms with Crippen LogP contribution in [0, 0.1) is 0 Å². The molecular formula is C15H20BrNO2. The van der Waals surface area contributed by atoms with Crippen LogP contribution in [0.4, 0.5) is 0 Å². The molecular weight excluding hydrogens is 306 g/mol. The average Bonchev–Trinajstić information content (AvgIpc) is 3.17. The number of nitrogens with zero attached hydrogens (tertiary/aromatic N) is 1. The molecule has 0 spiro atoms. The summed E-state index contributed by atoms with van der Waals surface area (Å²) in [4.78, 5) is 14.3. The summed E-state index contributed by atoms with van der Waals surface area (Å²) in [5.74, 6) is 0.176. The van der Waals surface area contributed by atoms with Crippen molar-refractivity contribution in [2.24, 2.45) is 0 Å². The first-order chi connectivity index (χ1) is 8.95. The van der Waals surface area contributed by atoms with Gasteiger partial charge in [-0.15, -0.1) is 0 Å². The molecule has 1 aromatic carbocycles. The van der Waals surface area contributed by atoms with Crippen molar-refractivity contribution in [2.45, 2.75) is 37.7 Å². The zero-order valence-corrected chi connectivity index (χ0v) is 13.0. The van der Waals surface area contributed by atoms with Crippen LogP contribution in [-0.2, 0) is 10.2 Å². The van der Waals surface area contributed by atoms with Crippen LogP contribution in [0.2, 0.25) is 0 Å². The van der Waals surface area contributed by atoms with E-state index < -0.39 is 0 Å². The highest BCUT2D eigenvalue weighted by atomic mass is 79.9. The molecule has 1 fully saturated rings. The van der Waals surface area contributed by atoms with E-state index in [2.05, 4.69) is 15.9 Å². The Morgan fingerprint density at radius 1 is 1.42 bits per heavy atom. The molecule has 3 nitrogen and oxygen atoms in total. The molecule has 0 saturated heterocycles. The fourth-order valence-electron chi connectivity index (χ4n) is 2.37. The second-order valence-corrected chi connectivity index (χ2v) is 6.37. The number of carbonyl (C=O) groups excluding carboxylic acids is 1. The van der Waals surface area contributed by atoms with Gasteiger partial charge in [0.2, 0.25) is 5.91 Å². The highest BCUT2D eigenvalue weighted by Crippen LogP contribution is 2.49. The van der Waals surface area contributed by atoms with Crippen molar-refractivity contribution in [3.8, 4) is 0 Å². The number of hydrogen-bond donors (Lipinski definition) is 1. The van der Waals surface area contributed by atoms with Crippen molar-refractivity contribution in [2.75, 3.05) is 13.6 Å².